The average molecular weight is 405 g/mol. The monoisotopic (exact) mass is 404 g/mol. The van der Waals surface area contributed by atoms with Crippen molar-refractivity contribution in [3.8, 4) is 0 Å². The molecular formula is C17H16Cl2F2N2OS. The molecule has 0 aromatic heterocycles. The molecule has 2 rings (SSSR count). The van der Waals surface area contributed by atoms with Crippen LogP contribution in [0.3, 0.4) is 0 Å². The number of carbonyl (C=O) groups excluding carboxylic acids is 1. The number of hydrogen-bond acceptors (Lipinski definition) is 2. The number of urea groups is 1. The maximum atomic E-state index is 12.3. The van der Waals surface area contributed by atoms with Crippen LogP contribution in [0.4, 0.5) is 19.3 Å². The molecule has 25 heavy (non-hydrogen) atoms. The van der Waals surface area contributed by atoms with E-state index in [4.69, 9.17) is 23.2 Å². The van der Waals surface area contributed by atoms with Gasteiger partial charge in [0.05, 0.1) is 6.04 Å². The fraction of sp³-hybridized carbons (Fsp3) is 0.235. The molecule has 134 valence electrons. The van der Waals surface area contributed by atoms with Crippen LogP contribution in [0.25, 0.3) is 0 Å². The van der Waals surface area contributed by atoms with E-state index in [0.717, 1.165) is 11.1 Å². The van der Waals surface area contributed by atoms with Crippen molar-refractivity contribution in [2.24, 2.45) is 0 Å². The number of alkyl halides is 4. The third-order valence-electron chi connectivity index (χ3n) is 3.31. The molecular weight excluding hydrogens is 389 g/mol. The highest BCUT2D eigenvalue weighted by Gasteiger charge is 2.21. The van der Waals surface area contributed by atoms with Crippen LogP contribution in [0.15, 0.2) is 53.4 Å². The summed E-state index contributed by atoms with van der Waals surface area (Å²) in [6, 6.07) is 12.5. The summed E-state index contributed by atoms with van der Waals surface area (Å²) in [5.41, 5.74) is 2.33. The summed E-state index contributed by atoms with van der Waals surface area (Å²) in [4.78, 5) is 11.7. The number of aryl methyl sites for hydroxylation is 1. The van der Waals surface area contributed by atoms with Gasteiger partial charge >= 0.3 is 6.03 Å². The third kappa shape index (κ3) is 6.38. The third-order valence-corrected chi connectivity index (χ3v) is 4.54. The van der Waals surface area contributed by atoms with Gasteiger partial charge in [-0.05, 0) is 36.8 Å². The van der Waals surface area contributed by atoms with Crippen LogP contribution in [0.2, 0.25) is 0 Å². The first-order valence-electron chi connectivity index (χ1n) is 7.32. The molecule has 0 fully saturated rings. The molecule has 0 heterocycles. The van der Waals surface area contributed by atoms with Gasteiger partial charge in [0.15, 0.2) is 0 Å². The minimum Gasteiger partial charge on any atom is -0.328 e. The number of carbonyl (C=O) groups is 1. The molecule has 0 aliphatic carbocycles. The number of benzene rings is 2. The lowest BCUT2D eigenvalue weighted by molar-refractivity contribution is 0.249. The van der Waals surface area contributed by atoms with Crippen molar-refractivity contribution in [1.29, 1.82) is 0 Å². The van der Waals surface area contributed by atoms with Gasteiger partial charge in [0.25, 0.3) is 5.76 Å². The molecule has 8 heteroatoms. The van der Waals surface area contributed by atoms with Crippen molar-refractivity contribution >= 4 is 46.7 Å². The molecule has 2 amide bonds. The van der Waals surface area contributed by atoms with Gasteiger partial charge in [0, 0.05) is 10.6 Å². The Kier molecular flexibility index (Phi) is 7.35. The molecule has 2 aromatic carbocycles. The van der Waals surface area contributed by atoms with Gasteiger partial charge in [-0.2, -0.15) is 8.78 Å². The predicted molar refractivity (Wildman–Crippen MR) is 99.9 cm³/mol. The van der Waals surface area contributed by atoms with Gasteiger partial charge in [0.1, 0.15) is 4.84 Å². The van der Waals surface area contributed by atoms with Crippen molar-refractivity contribution in [3.05, 3.63) is 59.7 Å². The SMILES string of the molecule is Cc1ccc(C(NC(=O)Nc2ccc(SC(F)F)cc2)C(Cl)Cl)cc1. The molecule has 0 aliphatic heterocycles. The Morgan fingerprint density at radius 2 is 1.64 bits per heavy atom. The topological polar surface area (TPSA) is 41.1 Å². The molecule has 0 aliphatic rings. The summed E-state index contributed by atoms with van der Waals surface area (Å²) in [7, 11) is 0. The Morgan fingerprint density at radius 3 is 2.16 bits per heavy atom. The van der Waals surface area contributed by atoms with Crippen LogP contribution < -0.4 is 10.6 Å². The first-order chi connectivity index (χ1) is 11.8. The summed E-state index contributed by atoms with van der Waals surface area (Å²) in [6.45, 7) is 1.95. The molecule has 3 nitrogen and oxygen atoms in total. The zero-order valence-corrected chi connectivity index (χ0v) is 15.5. The highest BCUT2D eigenvalue weighted by Crippen LogP contribution is 2.27. The number of amides is 2. The van der Waals surface area contributed by atoms with Gasteiger partial charge in [0.2, 0.25) is 0 Å². The highest BCUT2D eigenvalue weighted by molar-refractivity contribution is 7.99. The zero-order chi connectivity index (χ0) is 18.4. The van der Waals surface area contributed by atoms with Crippen LogP contribution in [-0.4, -0.2) is 16.6 Å². The van der Waals surface area contributed by atoms with Crippen molar-refractivity contribution in [2.45, 2.75) is 28.5 Å². The van der Waals surface area contributed by atoms with Gasteiger partial charge in [-0.1, -0.05) is 41.6 Å². The van der Waals surface area contributed by atoms with Crippen LogP contribution in [-0.2, 0) is 0 Å². The van der Waals surface area contributed by atoms with Gasteiger partial charge in [-0.3, -0.25) is 0 Å². The summed E-state index contributed by atoms with van der Waals surface area (Å²) in [5, 5.41) is 5.33. The van der Waals surface area contributed by atoms with Crippen molar-refractivity contribution in [1.82, 2.24) is 5.32 Å². The number of hydrogen-bond donors (Lipinski definition) is 2. The summed E-state index contributed by atoms with van der Waals surface area (Å²) < 4.78 is 24.6. The Bertz CT molecular complexity index is 697. The molecule has 0 radical (unpaired) electrons. The first-order valence-corrected chi connectivity index (χ1v) is 9.07. The van der Waals surface area contributed by atoms with Gasteiger partial charge < -0.3 is 10.6 Å². The summed E-state index contributed by atoms with van der Waals surface area (Å²) >= 11 is 12.4. The van der Waals surface area contributed by atoms with Crippen molar-refractivity contribution in [2.75, 3.05) is 5.32 Å². The first kappa shape index (κ1) is 19.8. The number of anilines is 1. The molecule has 0 spiro atoms. The minimum atomic E-state index is -2.48. The second kappa shape index (κ2) is 9.27. The van der Waals surface area contributed by atoms with Crippen molar-refractivity contribution in [3.63, 3.8) is 0 Å². The molecule has 1 unspecified atom stereocenters. The van der Waals surface area contributed by atoms with E-state index < -0.39 is 22.7 Å². The smallest absolute Gasteiger partial charge is 0.319 e. The number of nitrogens with one attached hydrogen (secondary N) is 2. The molecule has 2 aromatic rings. The molecule has 1 atom stereocenters. The molecule has 0 bridgehead atoms. The number of thioether (sulfide) groups is 1. The predicted octanol–water partition coefficient (Wildman–Crippen LogP) is 5.98. The van der Waals surface area contributed by atoms with Gasteiger partial charge in [-0.15, -0.1) is 23.2 Å². The average Bonchev–Trinajstić information content (AvgIpc) is 2.55. The zero-order valence-electron chi connectivity index (χ0n) is 13.2. The number of rotatable bonds is 6. The van der Waals surface area contributed by atoms with E-state index in [1.165, 1.54) is 12.1 Å². The second-order valence-electron chi connectivity index (χ2n) is 5.22. The standard InChI is InChI=1S/C17H16Cl2F2N2OS/c1-10-2-4-11(5-3-10)14(15(18)19)23-17(24)22-12-6-8-13(9-7-12)25-16(20)21/h2-9,14-16H,1H3,(H2,22,23,24). The molecule has 0 saturated heterocycles. The Morgan fingerprint density at radius 1 is 1.04 bits per heavy atom. The Balaban J connectivity index is 2.00. The normalized spacial score (nSPS) is 12.3. The second-order valence-corrected chi connectivity index (χ2v) is 7.45. The largest absolute Gasteiger partial charge is 0.328 e. The van der Waals surface area contributed by atoms with Gasteiger partial charge in [-0.25, -0.2) is 4.79 Å². The fourth-order valence-electron chi connectivity index (χ4n) is 2.09. The van der Waals surface area contributed by atoms with Crippen molar-refractivity contribution < 1.29 is 13.6 Å². The number of halogens is 4. The Labute approximate surface area is 159 Å². The van der Waals surface area contributed by atoms with Crippen LogP contribution in [0, 0.1) is 6.92 Å². The van der Waals surface area contributed by atoms with E-state index in [1.54, 1.807) is 12.1 Å². The summed E-state index contributed by atoms with van der Waals surface area (Å²) in [6.07, 6.45) is 0. The fourth-order valence-corrected chi connectivity index (χ4v) is 3.01. The molecule has 2 N–H and O–H groups in total. The summed E-state index contributed by atoms with van der Waals surface area (Å²) in [5.74, 6) is -2.48. The highest BCUT2D eigenvalue weighted by atomic mass is 35.5. The van der Waals surface area contributed by atoms with E-state index in [-0.39, 0.29) is 0 Å². The van der Waals surface area contributed by atoms with Crippen LogP contribution in [0.5, 0.6) is 0 Å². The maximum absolute atomic E-state index is 12.3. The van der Waals surface area contributed by atoms with Crippen LogP contribution in [0.1, 0.15) is 17.2 Å². The quantitative estimate of drug-likeness (QED) is 0.459. The van der Waals surface area contributed by atoms with E-state index >= 15 is 0 Å². The van der Waals surface area contributed by atoms with E-state index in [9.17, 15) is 13.6 Å². The lowest BCUT2D eigenvalue weighted by atomic mass is 10.1. The lowest BCUT2D eigenvalue weighted by Crippen LogP contribution is -2.35. The lowest BCUT2D eigenvalue weighted by Gasteiger charge is -2.20. The maximum Gasteiger partial charge on any atom is 0.319 e. The Hall–Kier alpha value is -1.50. The van der Waals surface area contributed by atoms with E-state index in [1.807, 2.05) is 31.2 Å². The minimum absolute atomic E-state index is 0.417. The van der Waals surface area contributed by atoms with E-state index in [2.05, 4.69) is 10.6 Å². The van der Waals surface area contributed by atoms with E-state index in [0.29, 0.717) is 22.3 Å². The molecule has 0 saturated carbocycles. The van der Waals surface area contributed by atoms with Crippen LogP contribution >= 0.6 is 35.0 Å².